The number of thiazole rings is 1. The van der Waals surface area contributed by atoms with Crippen molar-refractivity contribution in [1.82, 2.24) is 15.0 Å². The van der Waals surface area contributed by atoms with Gasteiger partial charge in [-0.05, 0) is 13.0 Å². The molecule has 0 aliphatic heterocycles. The van der Waals surface area contributed by atoms with E-state index >= 15 is 0 Å². The zero-order valence-electron chi connectivity index (χ0n) is 8.80. The lowest BCUT2D eigenvalue weighted by atomic mass is 10.4. The Labute approximate surface area is 96.2 Å². The van der Waals surface area contributed by atoms with Gasteiger partial charge in [-0.15, -0.1) is 11.3 Å². The summed E-state index contributed by atoms with van der Waals surface area (Å²) in [6.07, 6.45) is 3.27. The highest BCUT2D eigenvalue weighted by molar-refractivity contribution is 7.16. The maximum Gasteiger partial charge on any atom is 0.349 e. The van der Waals surface area contributed by atoms with Gasteiger partial charge < -0.3 is 4.74 Å². The van der Waals surface area contributed by atoms with Crippen molar-refractivity contribution < 1.29 is 9.53 Å². The van der Waals surface area contributed by atoms with E-state index in [0.717, 1.165) is 0 Å². The summed E-state index contributed by atoms with van der Waals surface area (Å²) in [4.78, 5) is 24.3. The zero-order chi connectivity index (χ0) is 11.5. The maximum atomic E-state index is 11.4. The number of methoxy groups -OCH3 is 1. The Balaban J connectivity index is 2.42. The van der Waals surface area contributed by atoms with Gasteiger partial charge >= 0.3 is 5.97 Å². The van der Waals surface area contributed by atoms with Crippen molar-refractivity contribution >= 4 is 17.3 Å². The van der Waals surface area contributed by atoms with Crippen molar-refractivity contribution in [3.63, 3.8) is 0 Å². The molecule has 2 heterocycles. The molecule has 2 aromatic heterocycles. The third-order valence-electron chi connectivity index (χ3n) is 1.92. The molecule has 0 saturated carbocycles. The molecule has 0 spiro atoms. The van der Waals surface area contributed by atoms with Crippen LogP contribution < -0.4 is 0 Å². The molecule has 6 heteroatoms. The quantitative estimate of drug-likeness (QED) is 0.741. The number of hydrogen-bond acceptors (Lipinski definition) is 6. The van der Waals surface area contributed by atoms with Gasteiger partial charge in [-0.2, -0.15) is 0 Å². The van der Waals surface area contributed by atoms with Crippen molar-refractivity contribution in [1.29, 1.82) is 0 Å². The van der Waals surface area contributed by atoms with Crippen molar-refractivity contribution in [2.75, 3.05) is 7.11 Å². The van der Waals surface area contributed by atoms with Crippen LogP contribution in [0.15, 0.2) is 18.5 Å². The molecule has 2 rings (SSSR count). The minimum absolute atomic E-state index is 0.378. The molecular formula is C10H9N3O2S. The van der Waals surface area contributed by atoms with Crippen LogP contribution >= 0.6 is 11.3 Å². The summed E-state index contributed by atoms with van der Waals surface area (Å²) in [5.41, 5.74) is 0.638. The predicted molar refractivity (Wildman–Crippen MR) is 59.2 cm³/mol. The summed E-state index contributed by atoms with van der Waals surface area (Å²) < 4.78 is 4.66. The van der Waals surface area contributed by atoms with Crippen molar-refractivity contribution in [3.8, 4) is 10.8 Å². The molecule has 0 fully saturated rings. The summed E-state index contributed by atoms with van der Waals surface area (Å²) in [5, 5.41) is 0.624. The molecule has 0 atom stereocenters. The fraction of sp³-hybridized carbons (Fsp3) is 0.200. The van der Waals surface area contributed by atoms with E-state index in [1.165, 1.54) is 18.4 Å². The minimum Gasteiger partial charge on any atom is -0.465 e. The number of aryl methyl sites for hydroxylation is 1. The summed E-state index contributed by atoms with van der Waals surface area (Å²) in [6.45, 7) is 1.76. The average Bonchev–Trinajstić information content (AvgIpc) is 2.71. The fourth-order valence-corrected chi connectivity index (χ4v) is 2.12. The molecule has 0 radical (unpaired) electrons. The van der Waals surface area contributed by atoms with Crippen LogP contribution in [0.2, 0.25) is 0 Å². The van der Waals surface area contributed by atoms with Crippen molar-refractivity contribution in [2.24, 2.45) is 0 Å². The summed E-state index contributed by atoms with van der Waals surface area (Å²) in [5.74, 6) is 0.142. The number of hydrogen-bond donors (Lipinski definition) is 0. The highest BCUT2D eigenvalue weighted by Crippen LogP contribution is 2.25. The van der Waals surface area contributed by atoms with E-state index in [9.17, 15) is 4.79 Å². The predicted octanol–water partition coefficient (Wildman–Crippen LogP) is 1.70. The Hall–Kier alpha value is -1.82. The number of rotatable bonds is 2. The van der Waals surface area contributed by atoms with Gasteiger partial charge in [-0.25, -0.2) is 19.7 Å². The van der Waals surface area contributed by atoms with Gasteiger partial charge in [-0.3, -0.25) is 0 Å². The van der Waals surface area contributed by atoms with Gasteiger partial charge in [0, 0.05) is 12.4 Å². The molecule has 0 N–H and O–H groups in total. The van der Waals surface area contributed by atoms with E-state index in [0.29, 0.717) is 21.4 Å². The molecule has 82 valence electrons. The van der Waals surface area contributed by atoms with Gasteiger partial charge in [0.15, 0.2) is 10.8 Å². The summed E-state index contributed by atoms with van der Waals surface area (Å²) in [6, 6.07) is 1.73. The van der Waals surface area contributed by atoms with E-state index in [4.69, 9.17) is 0 Å². The molecule has 0 aliphatic carbocycles. The summed E-state index contributed by atoms with van der Waals surface area (Å²) in [7, 11) is 1.35. The first kappa shape index (κ1) is 10.7. The molecule has 0 saturated heterocycles. The van der Waals surface area contributed by atoms with Gasteiger partial charge in [0.1, 0.15) is 4.88 Å². The number of carbonyl (C=O) groups excluding carboxylic acids is 1. The van der Waals surface area contributed by atoms with Crippen LogP contribution in [0.5, 0.6) is 0 Å². The number of nitrogens with zero attached hydrogens (tertiary/aromatic N) is 3. The molecule has 0 bridgehead atoms. The SMILES string of the molecule is COC(=O)c1sc(-c2ncccn2)nc1C. The molecular weight excluding hydrogens is 226 g/mol. The number of carbonyl (C=O) groups is 1. The van der Waals surface area contributed by atoms with Gasteiger partial charge in [-0.1, -0.05) is 0 Å². The van der Waals surface area contributed by atoms with Crippen molar-refractivity contribution in [2.45, 2.75) is 6.92 Å². The number of esters is 1. The van der Waals surface area contributed by atoms with E-state index in [2.05, 4.69) is 19.7 Å². The van der Waals surface area contributed by atoms with Gasteiger partial charge in [0.2, 0.25) is 0 Å². The van der Waals surface area contributed by atoms with Gasteiger partial charge in [0.25, 0.3) is 0 Å². The standard InChI is InChI=1S/C10H9N3O2S/c1-6-7(10(14)15-2)16-9(13-6)8-11-4-3-5-12-8/h3-5H,1-2H3. The van der Waals surface area contributed by atoms with Gasteiger partial charge in [0.05, 0.1) is 12.8 Å². The van der Waals surface area contributed by atoms with Crippen LogP contribution in [0, 0.1) is 6.92 Å². The highest BCUT2D eigenvalue weighted by atomic mass is 32.1. The number of aromatic nitrogens is 3. The average molecular weight is 235 g/mol. The first-order valence-electron chi connectivity index (χ1n) is 4.55. The molecule has 2 aromatic rings. The normalized spacial score (nSPS) is 10.1. The lowest BCUT2D eigenvalue weighted by molar-refractivity contribution is 0.0605. The molecule has 5 nitrogen and oxygen atoms in total. The Bertz CT molecular complexity index is 510. The lowest BCUT2D eigenvalue weighted by Gasteiger charge is -1.93. The number of ether oxygens (including phenoxy) is 1. The second-order valence-electron chi connectivity index (χ2n) is 3.00. The van der Waals surface area contributed by atoms with E-state index in [-0.39, 0.29) is 5.97 Å². The third-order valence-corrected chi connectivity index (χ3v) is 3.06. The maximum absolute atomic E-state index is 11.4. The van der Waals surface area contributed by atoms with Crippen LogP contribution in [0.4, 0.5) is 0 Å². The van der Waals surface area contributed by atoms with Crippen molar-refractivity contribution in [3.05, 3.63) is 29.0 Å². The highest BCUT2D eigenvalue weighted by Gasteiger charge is 2.17. The van der Waals surface area contributed by atoms with E-state index in [1.54, 1.807) is 25.4 Å². The van der Waals surface area contributed by atoms with Crippen LogP contribution in [-0.2, 0) is 4.74 Å². The minimum atomic E-state index is -0.378. The third kappa shape index (κ3) is 1.92. The van der Waals surface area contributed by atoms with E-state index in [1.807, 2.05) is 0 Å². The Morgan fingerprint density at radius 2 is 2.06 bits per heavy atom. The topological polar surface area (TPSA) is 65.0 Å². The monoisotopic (exact) mass is 235 g/mol. The zero-order valence-corrected chi connectivity index (χ0v) is 9.61. The van der Waals surface area contributed by atoms with Crippen LogP contribution in [0.3, 0.4) is 0 Å². The second kappa shape index (κ2) is 4.36. The molecule has 0 unspecified atom stereocenters. The van der Waals surface area contributed by atoms with Crippen LogP contribution in [-0.4, -0.2) is 28.0 Å². The molecule has 16 heavy (non-hydrogen) atoms. The Morgan fingerprint density at radius 3 is 2.69 bits per heavy atom. The largest absolute Gasteiger partial charge is 0.465 e. The van der Waals surface area contributed by atoms with E-state index < -0.39 is 0 Å². The first-order chi connectivity index (χ1) is 7.72. The van der Waals surface area contributed by atoms with Crippen LogP contribution in [0.25, 0.3) is 10.8 Å². The Morgan fingerprint density at radius 1 is 1.38 bits per heavy atom. The Kier molecular flexibility index (Phi) is 2.91. The smallest absolute Gasteiger partial charge is 0.349 e. The molecule has 0 aliphatic rings. The lowest BCUT2D eigenvalue weighted by Crippen LogP contribution is -1.99. The molecule has 0 aromatic carbocycles. The second-order valence-corrected chi connectivity index (χ2v) is 4.00. The molecule has 0 amide bonds. The first-order valence-corrected chi connectivity index (χ1v) is 5.37. The van der Waals surface area contributed by atoms with Crippen LogP contribution in [0.1, 0.15) is 15.4 Å². The summed E-state index contributed by atoms with van der Waals surface area (Å²) >= 11 is 1.23. The fourth-order valence-electron chi connectivity index (χ4n) is 1.18.